The Morgan fingerprint density at radius 2 is 2.50 bits per heavy atom. The number of halogens is 1. The molecule has 1 amide bonds. The number of nitrogens with two attached hydrogens (primary N) is 1. The summed E-state index contributed by atoms with van der Waals surface area (Å²) in [5.41, 5.74) is 5.80. The van der Waals surface area contributed by atoms with Crippen molar-refractivity contribution in [2.45, 2.75) is 6.54 Å². The van der Waals surface area contributed by atoms with Crippen LogP contribution in [0.1, 0.15) is 10.5 Å². The number of nitrogens with zero attached hydrogens (tertiary/aromatic N) is 2. The molecule has 0 spiro atoms. The van der Waals surface area contributed by atoms with E-state index < -0.39 is 0 Å². The summed E-state index contributed by atoms with van der Waals surface area (Å²) in [6.07, 6.45) is 1.61. The lowest BCUT2D eigenvalue weighted by atomic mass is 10.4. The Morgan fingerprint density at radius 1 is 1.86 bits per heavy atom. The predicted octanol–water partition coefficient (Wildman–Crippen LogP) is 0.664. The van der Waals surface area contributed by atoms with Gasteiger partial charge in [0.25, 0.3) is 5.91 Å². The Bertz CT molecular complexity index is 372. The quantitative estimate of drug-likeness (QED) is 0.727. The van der Waals surface area contributed by atoms with Crippen molar-refractivity contribution in [2.75, 3.05) is 12.8 Å². The zero-order valence-electron chi connectivity index (χ0n) is 7.75. The molecule has 76 valence electrons. The van der Waals surface area contributed by atoms with Crippen LogP contribution in [0.25, 0.3) is 0 Å². The number of anilines is 1. The van der Waals surface area contributed by atoms with Gasteiger partial charge in [0.05, 0.1) is 0 Å². The van der Waals surface area contributed by atoms with Gasteiger partial charge in [-0.2, -0.15) is 0 Å². The number of imidazole rings is 1. The largest absolute Gasteiger partial charge is 0.382 e. The molecule has 0 atom stereocenters. The van der Waals surface area contributed by atoms with Crippen LogP contribution < -0.4 is 11.1 Å². The zero-order valence-corrected chi connectivity index (χ0v) is 8.51. The molecule has 1 rings (SSSR count). The zero-order chi connectivity index (χ0) is 10.7. The van der Waals surface area contributed by atoms with Crippen LogP contribution in [0.3, 0.4) is 0 Å². The van der Waals surface area contributed by atoms with Crippen molar-refractivity contribution < 1.29 is 4.79 Å². The molecular formula is C8H11ClN4O. The Morgan fingerprint density at radius 3 is 3.00 bits per heavy atom. The van der Waals surface area contributed by atoms with E-state index in [4.69, 9.17) is 17.3 Å². The molecule has 0 saturated heterocycles. The number of amides is 1. The van der Waals surface area contributed by atoms with E-state index in [1.165, 1.54) is 11.6 Å². The van der Waals surface area contributed by atoms with Gasteiger partial charge in [0.1, 0.15) is 0 Å². The van der Waals surface area contributed by atoms with Gasteiger partial charge in [-0.1, -0.05) is 6.08 Å². The lowest BCUT2D eigenvalue weighted by molar-refractivity contribution is 0.0955. The molecule has 0 unspecified atom stereocenters. The number of rotatable bonds is 3. The highest BCUT2D eigenvalue weighted by molar-refractivity contribution is 6.29. The maximum atomic E-state index is 11.4. The summed E-state index contributed by atoms with van der Waals surface area (Å²) in [6.45, 7) is 3.95. The number of allylic oxidation sites excluding steroid dienone is 1. The van der Waals surface area contributed by atoms with Gasteiger partial charge in [-0.15, -0.1) is 6.58 Å². The summed E-state index contributed by atoms with van der Waals surface area (Å²) < 4.78 is 1.49. The van der Waals surface area contributed by atoms with Gasteiger partial charge in [0.2, 0.25) is 5.28 Å². The van der Waals surface area contributed by atoms with Gasteiger partial charge < -0.3 is 15.6 Å². The van der Waals surface area contributed by atoms with Crippen molar-refractivity contribution in [3.8, 4) is 0 Å². The minimum atomic E-state index is -0.316. The number of hydrogen-bond acceptors (Lipinski definition) is 3. The third kappa shape index (κ3) is 1.72. The van der Waals surface area contributed by atoms with E-state index in [1.807, 2.05) is 0 Å². The van der Waals surface area contributed by atoms with E-state index in [2.05, 4.69) is 16.9 Å². The highest BCUT2D eigenvalue weighted by Gasteiger charge is 2.18. The Hall–Kier alpha value is -1.49. The van der Waals surface area contributed by atoms with Gasteiger partial charge in [0.15, 0.2) is 11.5 Å². The third-order valence-corrected chi connectivity index (χ3v) is 1.99. The van der Waals surface area contributed by atoms with Crippen LogP contribution in [-0.4, -0.2) is 22.5 Å². The predicted molar refractivity (Wildman–Crippen MR) is 55.2 cm³/mol. The van der Waals surface area contributed by atoms with Gasteiger partial charge in [-0.05, 0) is 11.6 Å². The standard InChI is InChI=1S/C8H11ClN4O/c1-3-4-13-5(7(14)11-2)6(10)12-8(13)9/h3H,1,4,10H2,2H3,(H,11,14). The molecule has 0 bridgehead atoms. The first-order valence-corrected chi connectivity index (χ1v) is 4.34. The SMILES string of the molecule is C=CCn1c(Cl)nc(N)c1C(=O)NC. The molecule has 0 radical (unpaired) electrons. The van der Waals surface area contributed by atoms with Crippen LogP contribution in [0.4, 0.5) is 5.82 Å². The fourth-order valence-corrected chi connectivity index (χ4v) is 1.34. The minimum absolute atomic E-state index is 0.121. The monoisotopic (exact) mass is 214 g/mol. The molecule has 1 heterocycles. The fourth-order valence-electron chi connectivity index (χ4n) is 1.10. The molecule has 5 nitrogen and oxygen atoms in total. The Kier molecular flexibility index (Phi) is 3.14. The maximum Gasteiger partial charge on any atom is 0.271 e. The van der Waals surface area contributed by atoms with Gasteiger partial charge >= 0.3 is 0 Å². The average molecular weight is 215 g/mol. The van der Waals surface area contributed by atoms with E-state index in [0.717, 1.165) is 0 Å². The maximum absolute atomic E-state index is 11.4. The molecular weight excluding hydrogens is 204 g/mol. The number of carbonyl (C=O) groups excluding carboxylic acids is 1. The van der Waals surface area contributed by atoms with Crippen LogP contribution in [0.15, 0.2) is 12.7 Å². The van der Waals surface area contributed by atoms with Crippen molar-refractivity contribution in [1.29, 1.82) is 0 Å². The van der Waals surface area contributed by atoms with Crippen molar-refractivity contribution >= 4 is 23.3 Å². The van der Waals surface area contributed by atoms with E-state index in [0.29, 0.717) is 6.54 Å². The summed E-state index contributed by atoms with van der Waals surface area (Å²) >= 11 is 5.77. The average Bonchev–Trinajstić information content (AvgIpc) is 2.42. The van der Waals surface area contributed by atoms with Crippen molar-refractivity contribution in [2.24, 2.45) is 0 Å². The smallest absolute Gasteiger partial charge is 0.271 e. The lowest BCUT2D eigenvalue weighted by Gasteiger charge is -2.05. The van der Waals surface area contributed by atoms with Crippen LogP contribution in [0.5, 0.6) is 0 Å². The molecule has 6 heteroatoms. The van der Waals surface area contributed by atoms with Crippen molar-refractivity contribution in [3.63, 3.8) is 0 Å². The van der Waals surface area contributed by atoms with Crippen LogP contribution in [0.2, 0.25) is 5.28 Å². The van der Waals surface area contributed by atoms with Crippen LogP contribution in [0, 0.1) is 0 Å². The second kappa shape index (κ2) is 4.15. The van der Waals surface area contributed by atoms with E-state index in [1.54, 1.807) is 6.08 Å². The molecule has 14 heavy (non-hydrogen) atoms. The molecule has 0 aliphatic heterocycles. The van der Waals surface area contributed by atoms with Crippen molar-refractivity contribution in [3.05, 3.63) is 23.6 Å². The molecule has 1 aromatic heterocycles. The summed E-state index contributed by atoms with van der Waals surface area (Å²) in [4.78, 5) is 15.2. The molecule has 3 N–H and O–H groups in total. The second-order valence-electron chi connectivity index (χ2n) is 2.59. The first kappa shape index (κ1) is 10.6. The van der Waals surface area contributed by atoms with E-state index >= 15 is 0 Å². The molecule has 0 aliphatic carbocycles. The summed E-state index contributed by atoms with van der Waals surface area (Å²) in [5, 5.41) is 2.64. The van der Waals surface area contributed by atoms with Crippen LogP contribution in [-0.2, 0) is 6.54 Å². The topological polar surface area (TPSA) is 72.9 Å². The number of carbonyl (C=O) groups is 1. The normalized spacial score (nSPS) is 9.86. The van der Waals surface area contributed by atoms with Gasteiger partial charge in [-0.3, -0.25) is 4.79 Å². The molecule has 0 aliphatic rings. The number of nitrogens with one attached hydrogen (secondary N) is 1. The van der Waals surface area contributed by atoms with E-state index in [9.17, 15) is 4.79 Å². The minimum Gasteiger partial charge on any atom is -0.382 e. The number of aromatic nitrogens is 2. The summed E-state index contributed by atoms with van der Waals surface area (Å²) in [6, 6.07) is 0. The van der Waals surface area contributed by atoms with Crippen LogP contribution >= 0.6 is 11.6 Å². The van der Waals surface area contributed by atoms with Crippen molar-refractivity contribution in [1.82, 2.24) is 14.9 Å². The first-order chi connectivity index (χ1) is 6.61. The molecule has 1 aromatic rings. The first-order valence-electron chi connectivity index (χ1n) is 3.96. The second-order valence-corrected chi connectivity index (χ2v) is 2.93. The highest BCUT2D eigenvalue weighted by atomic mass is 35.5. The number of nitrogen functional groups attached to an aromatic ring is 1. The lowest BCUT2D eigenvalue weighted by Crippen LogP contribution is -2.22. The molecule has 0 saturated carbocycles. The van der Waals surface area contributed by atoms with Gasteiger partial charge in [-0.25, -0.2) is 4.98 Å². The van der Waals surface area contributed by atoms with E-state index in [-0.39, 0.29) is 22.7 Å². The molecule has 0 fully saturated rings. The number of hydrogen-bond donors (Lipinski definition) is 2. The third-order valence-electron chi connectivity index (χ3n) is 1.70. The summed E-state index contributed by atoms with van der Waals surface area (Å²) in [5.74, 6) is -0.194. The fraction of sp³-hybridized carbons (Fsp3) is 0.250. The summed E-state index contributed by atoms with van der Waals surface area (Å²) in [7, 11) is 1.51. The van der Waals surface area contributed by atoms with Gasteiger partial charge in [0, 0.05) is 13.6 Å². The Balaban J connectivity index is 3.23. The highest BCUT2D eigenvalue weighted by Crippen LogP contribution is 2.18. The Labute approximate surface area is 86.6 Å². The molecule has 0 aromatic carbocycles.